The van der Waals surface area contributed by atoms with Crippen molar-refractivity contribution in [2.75, 3.05) is 18.9 Å². The van der Waals surface area contributed by atoms with Crippen molar-refractivity contribution in [2.45, 2.75) is 69.5 Å². The number of anilines is 1. The third-order valence-corrected chi connectivity index (χ3v) is 6.42. The smallest absolute Gasteiger partial charge is 0.267 e. The van der Waals surface area contributed by atoms with Gasteiger partial charge >= 0.3 is 0 Å². The summed E-state index contributed by atoms with van der Waals surface area (Å²) in [7, 11) is 2.14. The van der Waals surface area contributed by atoms with Crippen LogP contribution in [0, 0.1) is 0 Å². The molecule has 2 aromatic heterocycles. The molecule has 0 atom stereocenters. The van der Waals surface area contributed by atoms with Crippen molar-refractivity contribution in [1.82, 2.24) is 24.6 Å². The molecule has 2 aromatic rings. The van der Waals surface area contributed by atoms with Crippen LogP contribution in [-0.4, -0.2) is 44.3 Å². The average Bonchev–Trinajstić information content (AvgIpc) is 3.55. The fourth-order valence-corrected chi connectivity index (χ4v) is 4.56. The van der Waals surface area contributed by atoms with Crippen LogP contribution in [0.4, 0.5) is 5.82 Å². The number of nitrogens with zero attached hydrogens (tertiary/aromatic N) is 5. The van der Waals surface area contributed by atoms with Crippen LogP contribution < -0.4 is 10.9 Å². The van der Waals surface area contributed by atoms with Crippen molar-refractivity contribution in [3.8, 4) is 0 Å². The Labute approximate surface area is 165 Å². The SMILES string of the molecule is CN1CCc2ncnc(NC3CCC(n4nc(C5CC5)ccc4=O)CC3)c2C1. The van der Waals surface area contributed by atoms with Gasteiger partial charge < -0.3 is 10.2 Å². The minimum atomic E-state index is 0.0358. The molecule has 7 nitrogen and oxygen atoms in total. The van der Waals surface area contributed by atoms with E-state index in [4.69, 9.17) is 5.10 Å². The van der Waals surface area contributed by atoms with Gasteiger partial charge in [-0.25, -0.2) is 14.6 Å². The Morgan fingerprint density at radius 3 is 2.68 bits per heavy atom. The molecule has 0 bridgehead atoms. The monoisotopic (exact) mass is 380 g/mol. The van der Waals surface area contributed by atoms with Gasteiger partial charge in [-0.2, -0.15) is 5.10 Å². The van der Waals surface area contributed by atoms with E-state index in [0.717, 1.165) is 56.7 Å². The lowest BCUT2D eigenvalue weighted by molar-refractivity contribution is 0.299. The molecule has 2 fully saturated rings. The number of nitrogens with one attached hydrogen (secondary N) is 1. The molecule has 0 radical (unpaired) electrons. The van der Waals surface area contributed by atoms with Crippen molar-refractivity contribution in [1.29, 1.82) is 0 Å². The molecule has 148 valence electrons. The minimum absolute atomic E-state index is 0.0358. The zero-order valence-corrected chi connectivity index (χ0v) is 16.5. The number of rotatable bonds is 4. The van der Waals surface area contributed by atoms with Crippen LogP contribution in [0.5, 0.6) is 0 Å². The zero-order valence-electron chi connectivity index (χ0n) is 16.5. The highest BCUT2D eigenvalue weighted by molar-refractivity contribution is 5.47. The van der Waals surface area contributed by atoms with Crippen molar-refractivity contribution in [2.24, 2.45) is 0 Å². The molecule has 2 saturated carbocycles. The lowest BCUT2D eigenvalue weighted by atomic mass is 9.91. The first-order valence-corrected chi connectivity index (χ1v) is 10.5. The summed E-state index contributed by atoms with van der Waals surface area (Å²) in [5.41, 5.74) is 3.55. The molecule has 0 spiro atoms. The van der Waals surface area contributed by atoms with E-state index in [-0.39, 0.29) is 11.6 Å². The normalized spacial score (nSPS) is 25.3. The largest absolute Gasteiger partial charge is 0.367 e. The third kappa shape index (κ3) is 3.55. The van der Waals surface area contributed by atoms with Gasteiger partial charge in [0.15, 0.2) is 0 Å². The van der Waals surface area contributed by atoms with Gasteiger partial charge in [-0.05, 0) is 51.6 Å². The van der Waals surface area contributed by atoms with Gasteiger partial charge in [0, 0.05) is 43.1 Å². The van der Waals surface area contributed by atoms with Gasteiger partial charge in [0.25, 0.3) is 5.56 Å². The van der Waals surface area contributed by atoms with Crippen molar-refractivity contribution in [3.63, 3.8) is 0 Å². The van der Waals surface area contributed by atoms with E-state index in [1.165, 1.54) is 24.1 Å². The van der Waals surface area contributed by atoms with E-state index in [1.807, 2.05) is 6.07 Å². The van der Waals surface area contributed by atoms with Crippen LogP contribution in [0.1, 0.15) is 67.4 Å². The van der Waals surface area contributed by atoms with E-state index in [1.54, 1.807) is 17.1 Å². The Bertz CT molecular complexity index is 913. The first-order valence-electron chi connectivity index (χ1n) is 10.5. The van der Waals surface area contributed by atoms with Crippen LogP contribution in [-0.2, 0) is 13.0 Å². The lowest BCUT2D eigenvalue weighted by Crippen LogP contribution is -2.34. The summed E-state index contributed by atoms with van der Waals surface area (Å²) in [6, 6.07) is 4.23. The maximum Gasteiger partial charge on any atom is 0.267 e. The van der Waals surface area contributed by atoms with Crippen LogP contribution in [0.25, 0.3) is 0 Å². The Morgan fingerprint density at radius 2 is 1.89 bits per heavy atom. The summed E-state index contributed by atoms with van der Waals surface area (Å²) < 4.78 is 1.76. The molecule has 0 unspecified atom stereocenters. The van der Waals surface area contributed by atoms with Gasteiger partial charge in [-0.1, -0.05) is 0 Å². The second-order valence-corrected chi connectivity index (χ2v) is 8.60. The number of hydrogen-bond acceptors (Lipinski definition) is 6. The van der Waals surface area contributed by atoms with Crippen molar-refractivity contribution in [3.05, 3.63) is 45.8 Å². The van der Waals surface area contributed by atoms with Crippen molar-refractivity contribution >= 4 is 5.82 Å². The second kappa shape index (κ2) is 7.28. The first kappa shape index (κ1) is 17.8. The summed E-state index contributed by atoms with van der Waals surface area (Å²) in [6.07, 6.45) is 9.10. The van der Waals surface area contributed by atoms with Crippen LogP contribution in [0.15, 0.2) is 23.3 Å². The lowest BCUT2D eigenvalue weighted by Gasteiger charge is -2.32. The van der Waals surface area contributed by atoms with E-state index in [2.05, 4.69) is 27.2 Å². The Hall–Kier alpha value is -2.28. The summed E-state index contributed by atoms with van der Waals surface area (Å²) in [5, 5.41) is 8.36. The molecular formula is C21H28N6O. The standard InChI is InChI=1S/C21H28N6O/c1-26-11-10-19-17(12-26)21(23-13-22-19)24-15-4-6-16(7-5-15)27-20(28)9-8-18(25-27)14-2-3-14/h8-9,13-16H,2-7,10-12H2,1H3,(H,22,23,24). The van der Waals surface area contributed by atoms with E-state index in [9.17, 15) is 4.79 Å². The summed E-state index contributed by atoms with van der Waals surface area (Å²) in [4.78, 5) is 23.7. The number of fused-ring (bicyclic) bond motifs is 1. The Balaban J connectivity index is 1.26. The van der Waals surface area contributed by atoms with Gasteiger partial charge in [-0.3, -0.25) is 4.79 Å². The molecular weight excluding hydrogens is 352 g/mol. The topological polar surface area (TPSA) is 75.9 Å². The van der Waals surface area contributed by atoms with E-state index in [0.29, 0.717) is 12.0 Å². The molecule has 1 N–H and O–H groups in total. The highest BCUT2D eigenvalue weighted by atomic mass is 16.1. The summed E-state index contributed by atoms with van der Waals surface area (Å²) in [6.45, 7) is 1.96. The molecule has 5 rings (SSSR count). The van der Waals surface area contributed by atoms with Crippen LogP contribution in [0.3, 0.4) is 0 Å². The number of hydrogen-bond donors (Lipinski definition) is 1. The van der Waals surface area contributed by atoms with Gasteiger partial charge in [-0.15, -0.1) is 0 Å². The highest BCUT2D eigenvalue weighted by Crippen LogP contribution is 2.39. The molecule has 7 heteroatoms. The molecule has 0 aromatic carbocycles. The molecule has 3 heterocycles. The molecule has 28 heavy (non-hydrogen) atoms. The van der Waals surface area contributed by atoms with Gasteiger partial charge in [0.1, 0.15) is 12.1 Å². The zero-order chi connectivity index (χ0) is 19.1. The summed E-state index contributed by atoms with van der Waals surface area (Å²) >= 11 is 0. The number of likely N-dealkylation sites (N-methyl/N-ethyl adjacent to an activating group) is 1. The molecule has 0 saturated heterocycles. The predicted octanol–water partition coefficient (Wildman–Crippen LogP) is 2.49. The van der Waals surface area contributed by atoms with Crippen molar-refractivity contribution < 1.29 is 0 Å². The first-order chi connectivity index (χ1) is 13.7. The minimum Gasteiger partial charge on any atom is -0.367 e. The molecule has 1 aliphatic heterocycles. The van der Waals surface area contributed by atoms with Crippen LogP contribution >= 0.6 is 0 Å². The fourth-order valence-electron chi connectivity index (χ4n) is 4.56. The second-order valence-electron chi connectivity index (χ2n) is 8.60. The Kier molecular flexibility index (Phi) is 4.62. The predicted molar refractivity (Wildman–Crippen MR) is 107 cm³/mol. The van der Waals surface area contributed by atoms with E-state index >= 15 is 0 Å². The summed E-state index contributed by atoms with van der Waals surface area (Å²) in [5.74, 6) is 1.57. The Morgan fingerprint density at radius 1 is 1.07 bits per heavy atom. The average molecular weight is 380 g/mol. The number of aromatic nitrogens is 4. The van der Waals surface area contributed by atoms with Gasteiger partial charge in [0.2, 0.25) is 0 Å². The molecule has 0 amide bonds. The fraction of sp³-hybridized carbons (Fsp3) is 0.619. The highest BCUT2D eigenvalue weighted by Gasteiger charge is 2.29. The third-order valence-electron chi connectivity index (χ3n) is 6.42. The van der Waals surface area contributed by atoms with E-state index < -0.39 is 0 Å². The molecule has 3 aliphatic rings. The maximum atomic E-state index is 12.3. The molecule has 2 aliphatic carbocycles. The van der Waals surface area contributed by atoms with Gasteiger partial charge in [0.05, 0.1) is 17.4 Å². The maximum absolute atomic E-state index is 12.3. The quantitative estimate of drug-likeness (QED) is 0.878. The van der Waals surface area contributed by atoms with Crippen LogP contribution in [0.2, 0.25) is 0 Å².